The Kier molecular flexibility index (Phi) is 6.33. The van der Waals surface area contributed by atoms with Crippen molar-refractivity contribution in [2.75, 3.05) is 20.1 Å². The first-order valence-corrected chi connectivity index (χ1v) is 6.76. The van der Waals surface area contributed by atoms with Crippen LogP contribution in [0.3, 0.4) is 0 Å². The highest BCUT2D eigenvalue weighted by Gasteiger charge is 2.07. The molecule has 19 heavy (non-hydrogen) atoms. The average Bonchev–Trinajstić information content (AvgIpc) is 2.34. The molecule has 0 atom stereocenters. The Morgan fingerprint density at radius 1 is 1.42 bits per heavy atom. The summed E-state index contributed by atoms with van der Waals surface area (Å²) >= 11 is 0. The van der Waals surface area contributed by atoms with Gasteiger partial charge in [0.1, 0.15) is 5.82 Å². The topological polar surface area (TPSA) is 27.6 Å². The van der Waals surface area contributed by atoms with Crippen molar-refractivity contribution in [2.24, 2.45) is 10.9 Å². The molecular weight excluding hydrogens is 241 g/mol. The Labute approximate surface area is 115 Å². The van der Waals surface area contributed by atoms with E-state index in [1.165, 1.54) is 6.07 Å². The molecule has 0 aliphatic rings. The summed E-state index contributed by atoms with van der Waals surface area (Å²) in [6, 6.07) is 6.67. The fourth-order valence-electron chi connectivity index (χ4n) is 1.72. The molecule has 1 N–H and O–H groups in total. The number of nitrogens with one attached hydrogen (secondary N) is 1. The van der Waals surface area contributed by atoms with E-state index in [0.717, 1.165) is 24.6 Å². The van der Waals surface area contributed by atoms with Crippen molar-refractivity contribution in [3.05, 3.63) is 35.6 Å². The van der Waals surface area contributed by atoms with Gasteiger partial charge in [-0.15, -0.1) is 0 Å². The maximum absolute atomic E-state index is 13.2. The molecule has 1 aromatic rings. The van der Waals surface area contributed by atoms with E-state index in [1.807, 2.05) is 24.9 Å². The highest BCUT2D eigenvalue weighted by Crippen LogP contribution is 2.06. The van der Waals surface area contributed by atoms with Crippen molar-refractivity contribution >= 4 is 5.96 Å². The third-order valence-electron chi connectivity index (χ3n) is 2.61. The van der Waals surface area contributed by atoms with E-state index in [9.17, 15) is 4.39 Å². The molecule has 0 bridgehead atoms. The van der Waals surface area contributed by atoms with Crippen LogP contribution in [-0.4, -0.2) is 31.0 Å². The Bertz CT molecular complexity index is 416. The van der Waals surface area contributed by atoms with Gasteiger partial charge in [0.05, 0.1) is 0 Å². The summed E-state index contributed by atoms with van der Waals surface area (Å²) in [6.07, 6.45) is 0. The Morgan fingerprint density at radius 3 is 2.74 bits per heavy atom. The van der Waals surface area contributed by atoms with Crippen LogP contribution in [0.5, 0.6) is 0 Å². The Morgan fingerprint density at radius 2 is 2.16 bits per heavy atom. The minimum atomic E-state index is -0.199. The van der Waals surface area contributed by atoms with Crippen LogP contribution in [0, 0.1) is 11.7 Å². The summed E-state index contributed by atoms with van der Waals surface area (Å²) < 4.78 is 13.2. The lowest BCUT2D eigenvalue weighted by atomic mass is 10.2. The van der Waals surface area contributed by atoms with Crippen molar-refractivity contribution in [1.29, 1.82) is 0 Å². The molecule has 0 amide bonds. The van der Waals surface area contributed by atoms with Gasteiger partial charge in [-0.2, -0.15) is 0 Å². The second-order valence-electron chi connectivity index (χ2n) is 5.07. The molecule has 0 aromatic heterocycles. The zero-order valence-corrected chi connectivity index (χ0v) is 12.3. The Hall–Kier alpha value is -1.58. The Balaban J connectivity index is 2.71. The van der Waals surface area contributed by atoms with Crippen LogP contribution in [0.1, 0.15) is 26.3 Å². The first-order chi connectivity index (χ1) is 9.02. The second kappa shape index (κ2) is 7.77. The average molecular weight is 265 g/mol. The number of nitrogens with zero attached hydrogens (tertiary/aromatic N) is 2. The normalized spacial score (nSPS) is 11.8. The minimum Gasteiger partial charge on any atom is -0.357 e. The molecule has 4 heteroatoms. The van der Waals surface area contributed by atoms with Crippen LogP contribution in [0.2, 0.25) is 0 Å². The number of hydrogen-bond donors (Lipinski definition) is 1. The molecule has 0 aliphatic carbocycles. The van der Waals surface area contributed by atoms with Gasteiger partial charge >= 0.3 is 0 Å². The van der Waals surface area contributed by atoms with Crippen LogP contribution in [0.25, 0.3) is 0 Å². The van der Waals surface area contributed by atoms with Crippen molar-refractivity contribution in [1.82, 2.24) is 10.2 Å². The maximum atomic E-state index is 13.2. The third-order valence-corrected chi connectivity index (χ3v) is 2.61. The number of rotatable bonds is 5. The van der Waals surface area contributed by atoms with E-state index < -0.39 is 0 Å². The van der Waals surface area contributed by atoms with E-state index in [1.54, 1.807) is 12.1 Å². The third kappa shape index (κ3) is 5.73. The SMILES string of the molecule is CCNC(=NCC(C)C)N(C)Cc1cccc(F)c1. The predicted octanol–water partition coefficient (Wildman–Crippen LogP) is 2.88. The van der Waals surface area contributed by atoms with Crippen molar-refractivity contribution in [3.8, 4) is 0 Å². The van der Waals surface area contributed by atoms with Crippen LogP contribution < -0.4 is 5.32 Å². The van der Waals surface area contributed by atoms with Gasteiger partial charge in [0.25, 0.3) is 0 Å². The fraction of sp³-hybridized carbons (Fsp3) is 0.533. The molecule has 1 rings (SSSR count). The van der Waals surface area contributed by atoms with Gasteiger partial charge in [0.15, 0.2) is 5.96 Å². The van der Waals surface area contributed by atoms with E-state index in [2.05, 4.69) is 24.2 Å². The van der Waals surface area contributed by atoms with Gasteiger partial charge in [-0.25, -0.2) is 4.39 Å². The summed E-state index contributed by atoms with van der Waals surface area (Å²) in [5.74, 6) is 1.19. The molecule has 0 saturated carbocycles. The highest BCUT2D eigenvalue weighted by molar-refractivity contribution is 5.79. The fourth-order valence-corrected chi connectivity index (χ4v) is 1.72. The summed E-state index contributed by atoms with van der Waals surface area (Å²) in [6.45, 7) is 8.57. The summed E-state index contributed by atoms with van der Waals surface area (Å²) in [5, 5.41) is 3.25. The van der Waals surface area contributed by atoms with Gasteiger partial charge in [-0.05, 0) is 30.5 Å². The van der Waals surface area contributed by atoms with E-state index in [-0.39, 0.29) is 5.82 Å². The lowest BCUT2D eigenvalue weighted by Crippen LogP contribution is -2.38. The molecule has 0 fully saturated rings. The van der Waals surface area contributed by atoms with Crippen LogP contribution >= 0.6 is 0 Å². The van der Waals surface area contributed by atoms with E-state index in [0.29, 0.717) is 12.5 Å². The molecule has 106 valence electrons. The molecule has 0 heterocycles. The van der Waals surface area contributed by atoms with Crippen LogP contribution in [0.4, 0.5) is 4.39 Å². The highest BCUT2D eigenvalue weighted by atomic mass is 19.1. The largest absolute Gasteiger partial charge is 0.357 e. The van der Waals surface area contributed by atoms with Gasteiger partial charge in [0.2, 0.25) is 0 Å². The molecule has 0 aliphatic heterocycles. The maximum Gasteiger partial charge on any atom is 0.193 e. The predicted molar refractivity (Wildman–Crippen MR) is 78.7 cm³/mol. The second-order valence-corrected chi connectivity index (χ2v) is 5.07. The minimum absolute atomic E-state index is 0.199. The van der Waals surface area contributed by atoms with E-state index in [4.69, 9.17) is 0 Å². The molecule has 0 unspecified atom stereocenters. The first-order valence-electron chi connectivity index (χ1n) is 6.76. The van der Waals surface area contributed by atoms with Crippen molar-refractivity contribution in [3.63, 3.8) is 0 Å². The van der Waals surface area contributed by atoms with Gasteiger partial charge < -0.3 is 10.2 Å². The summed E-state index contributed by atoms with van der Waals surface area (Å²) in [5.41, 5.74) is 0.942. The number of guanidine groups is 1. The number of aliphatic imine (C=N–C) groups is 1. The molecule has 0 radical (unpaired) electrons. The molecule has 3 nitrogen and oxygen atoms in total. The zero-order chi connectivity index (χ0) is 14.3. The summed E-state index contributed by atoms with van der Waals surface area (Å²) in [7, 11) is 1.97. The quantitative estimate of drug-likeness (QED) is 0.655. The van der Waals surface area contributed by atoms with E-state index >= 15 is 0 Å². The lowest BCUT2D eigenvalue weighted by molar-refractivity contribution is 0.472. The van der Waals surface area contributed by atoms with Crippen molar-refractivity contribution in [2.45, 2.75) is 27.3 Å². The number of benzene rings is 1. The smallest absolute Gasteiger partial charge is 0.193 e. The van der Waals surface area contributed by atoms with Crippen LogP contribution in [0.15, 0.2) is 29.3 Å². The van der Waals surface area contributed by atoms with Gasteiger partial charge in [0, 0.05) is 26.7 Å². The molecular formula is C15H24FN3. The zero-order valence-electron chi connectivity index (χ0n) is 12.3. The van der Waals surface area contributed by atoms with Gasteiger partial charge in [-0.3, -0.25) is 4.99 Å². The molecule has 1 aromatic carbocycles. The lowest BCUT2D eigenvalue weighted by Gasteiger charge is -2.22. The number of hydrogen-bond acceptors (Lipinski definition) is 1. The number of halogens is 1. The standard InChI is InChI=1S/C15H24FN3/c1-5-17-15(18-10-12(2)3)19(4)11-13-7-6-8-14(16)9-13/h6-9,12H,5,10-11H2,1-4H3,(H,17,18). The van der Waals surface area contributed by atoms with Crippen LogP contribution in [-0.2, 0) is 6.54 Å². The summed E-state index contributed by atoms with van der Waals surface area (Å²) in [4.78, 5) is 6.58. The molecule has 0 saturated heterocycles. The molecule has 0 spiro atoms. The first kappa shape index (κ1) is 15.5. The van der Waals surface area contributed by atoms with Crippen molar-refractivity contribution < 1.29 is 4.39 Å². The monoisotopic (exact) mass is 265 g/mol. The van der Waals surface area contributed by atoms with Gasteiger partial charge in [-0.1, -0.05) is 26.0 Å².